The highest BCUT2D eigenvalue weighted by atomic mass is 32.2. The van der Waals surface area contributed by atoms with Crippen molar-refractivity contribution in [2.75, 3.05) is 12.4 Å². The minimum Gasteiger partial charge on any atom is -0.464 e. The van der Waals surface area contributed by atoms with Gasteiger partial charge in [-0.15, -0.1) is 11.3 Å². The predicted octanol–water partition coefficient (Wildman–Crippen LogP) is 4.30. The molecule has 1 heterocycles. The molecule has 0 bridgehead atoms. The largest absolute Gasteiger partial charge is 0.464 e. The molecule has 1 aromatic heterocycles. The number of nitrogens with zero attached hydrogens (tertiary/aromatic N) is 1. The van der Waals surface area contributed by atoms with Crippen LogP contribution in [0.5, 0.6) is 0 Å². The quantitative estimate of drug-likeness (QED) is 0.654. The number of thioether (sulfide) groups is 1. The Labute approximate surface area is 128 Å². The molecule has 8 heteroatoms. The second-order valence-corrected chi connectivity index (χ2v) is 6.21. The predicted molar refractivity (Wildman–Crippen MR) is 79.8 cm³/mol. The van der Waals surface area contributed by atoms with Gasteiger partial charge >= 0.3 is 5.97 Å². The van der Waals surface area contributed by atoms with Crippen molar-refractivity contribution in [2.45, 2.75) is 17.6 Å². The Morgan fingerprint density at radius 3 is 2.62 bits per heavy atom. The summed E-state index contributed by atoms with van der Waals surface area (Å²) in [6.45, 7) is 1.78. The number of thiazole rings is 1. The van der Waals surface area contributed by atoms with Crippen molar-refractivity contribution in [3.63, 3.8) is 0 Å². The minimum absolute atomic E-state index is 0.273. The number of carbonyl (C=O) groups excluding carboxylic acids is 1. The van der Waals surface area contributed by atoms with Gasteiger partial charge in [-0.1, -0.05) is 11.8 Å². The average Bonchev–Trinajstić information content (AvgIpc) is 2.80. The lowest BCUT2D eigenvalue weighted by molar-refractivity contribution is 0.0594. The Morgan fingerprint density at radius 2 is 2.05 bits per heavy atom. The number of hydrogen-bond acceptors (Lipinski definition) is 6. The van der Waals surface area contributed by atoms with Crippen molar-refractivity contribution >= 4 is 39.9 Å². The number of hydrogen-bond donors (Lipinski definition) is 1. The van der Waals surface area contributed by atoms with E-state index in [1.54, 1.807) is 31.2 Å². The van der Waals surface area contributed by atoms with Crippen LogP contribution in [-0.2, 0) is 4.74 Å². The molecular weight excluding hydrogens is 318 g/mol. The molecule has 4 nitrogen and oxygen atoms in total. The molecule has 0 aliphatic carbocycles. The third-order valence-corrected chi connectivity index (χ3v) is 4.11. The van der Waals surface area contributed by atoms with E-state index in [0.29, 0.717) is 27.5 Å². The first-order valence-electron chi connectivity index (χ1n) is 5.87. The fraction of sp³-hybridized carbons (Fsp3) is 0.231. The molecule has 0 saturated carbocycles. The van der Waals surface area contributed by atoms with Crippen LogP contribution in [0.4, 0.5) is 19.6 Å². The number of methoxy groups -OCH3 is 1. The first-order valence-corrected chi connectivity index (χ1v) is 7.57. The summed E-state index contributed by atoms with van der Waals surface area (Å²) >= 11 is 1.81. The van der Waals surface area contributed by atoms with E-state index in [-0.39, 0.29) is 5.69 Å². The molecule has 112 valence electrons. The third-order valence-electron chi connectivity index (χ3n) is 2.51. The fourth-order valence-electron chi connectivity index (χ4n) is 1.58. The van der Waals surface area contributed by atoms with Crippen LogP contribution in [0.1, 0.15) is 15.4 Å². The molecule has 0 spiro atoms. The number of nitrogens with one attached hydrogen (secondary N) is 1. The zero-order valence-electron chi connectivity index (χ0n) is 11.2. The second kappa shape index (κ2) is 6.86. The van der Waals surface area contributed by atoms with Crippen molar-refractivity contribution in [2.24, 2.45) is 0 Å². The van der Waals surface area contributed by atoms with Crippen LogP contribution < -0.4 is 5.32 Å². The maximum absolute atomic E-state index is 12.2. The monoisotopic (exact) mass is 330 g/mol. The summed E-state index contributed by atoms with van der Waals surface area (Å²) in [5, 5.41) is 3.57. The van der Waals surface area contributed by atoms with E-state index in [0.717, 1.165) is 4.88 Å². The van der Waals surface area contributed by atoms with Gasteiger partial charge in [0.15, 0.2) is 10.8 Å². The first kappa shape index (κ1) is 15.7. The number of rotatable bonds is 5. The van der Waals surface area contributed by atoms with Gasteiger partial charge in [-0.2, -0.15) is 8.78 Å². The Hall–Kier alpha value is -1.67. The van der Waals surface area contributed by atoms with Gasteiger partial charge in [0.1, 0.15) is 0 Å². The van der Waals surface area contributed by atoms with Crippen LogP contribution in [0.15, 0.2) is 29.2 Å². The number of aromatic nitrogens is 1. The number of halogens is 2. The molecule has 0 aliphatic heterocycles. The number of anilines is 2. The minimum atomic E-state index is -2.44. The Bertz CT molecular complexity index is 630. The fourth-order valence-corrected chi connectivity index (χ4v) is 2.90. The van der Waals surface area contributed by atoms with Crippen molar-refractivity contribution in [3.8, 4) is 0 Å². The summed E-state index contributed by atoms with van der Waals surface area (Å²) in [7, 11) is 1.30. The molecule has 1 N–H and O–H groups in total. The average molecular weight is 330 g/mol. The first-order chi connectivity index (χ1) is 9.99. The van der Waals surface area contributed by atoms with Gasteiger partial charge in [-0.3, -0.25) is 0 Å². The molecule has 0 atom stereocenters. The van der Waals surface area contributed by atoms with E-state index in [9.17, 15) is 13.6 Å². The lowest BCUT2D eigenvalue weighted by Gasteiger charge is -2.04. The maximum atomic E-state index is 12.2. The molecule has 21 heavy (non-hydrogen) atoms. The lowest BCUT2D eigenvalue weighted by Crippen LogP contribution is -2.03. The van der Waals surface area contributed by atoms with E-state index < -0.39 is 11.7 Å². The normalized spacial score (nSPS) is 10.7. The van der Waals surface area contributed by atoms with Crippen molar-refractivity contribution < 1.29 is 18.3 Å². The standard InChI is InChI=1S/C13H12F2N2O2S2/c1-7-10(11(18)19-2)17-13(20-7)16-8-3-5-9(6-4-8)21-12(14)15/h3-6,12H,1-2H3,(H,16,17). The van der Waals surface area contributed by atoms with E-state index in [1.807, 2.05) is 0 Å². The Morgan fingerprint density at radius 1 is 1.38 bits per heavy atom. The van der Waals surface area contributed by atoms with Crippen LogP contribution in [0.2, 0.25) is 0 Å². The highest BCUT2D eigenvalue weighted by molar-refractivity contribution is 7.99. The molecule has 0 radical (unpaired) electrons. The van der Waals surface area contributed by atoms with Gasteiger partial charge in [0.25, 0.3) is 5.76 Å². The summed E-state index contributed by atoms with van der Waals surface area (Å²) < 4.78 is 29.1. The topological polar surface area (TPSA) is 51.2 Å². The number of benzene rings is 1. The maximum Gasteiger partial charge on any atom is 0.357 e. The van der Waals surface area contributed by atoms with Crippen LogP contribution in [0.3, 0.4) is 0 Å². The van der Waals surface area contributed by atoms with Crippen LogP contribution in [0.25, 0.3) is 0 Å². The summed E-state index contributed by atoms with van der Waals surface area (Å²) in [5.74, 6) is -2.92. The summed E-state index contributed by atoms with van der Waals surface area (Å²) in [6.07, 6.45) is 0. The molecular formula is C13H12F2N2O2S2. The molecule has 1 aromatic carbocycles. The number of carbonyl (C=O) groups is 1. The Kier molecular flexibility index (Phi) is 5.13. The van der Waals surface area contributed by atoms with Gasteiger partial charge in [0.2, 0.25) is 0 Å². The summed E-state index contributed by atoms with van der Waals surface area (Å²) in [4.78, 5) is 16.9. The molecule has 0 saturated heterocycles. The van der Waals surface area contributed by atoms with Crippen molar-refractivity contribution in [3.05, 3.63) is 34.8 Å². The lowest BCUT2D eigenvalue weighted by atomic mass is 10.3. The van der Waals surface area contributed by atoms with E-state index >= 15 is 0 Å². The molecule has 0 fully saturated rings. The van der Waals surface area contributed by atoms with Gasteiger partial charge in [0.05, 0.1) is 7.11 Å². The number of esters is 1. The van der Waals surface area contributed by atoms with E-state index in [1.165, 1.54) is 18.4 Å². The molecule has 2 rings (SSSR count). The van der Waals surface area contributed by atoms with Gasteiger partial charge in [-0.05, 0) is 31.2 Å². The smallest absolute Gasteiger partial charge is 0.357 e. The summed E-state index contributed by atoms with van der Waals surface area (Å²) in [6, 6.07) is 6.56. The van der Waals surface area contributed by atoms with Crippen LogP contribution in [-0.4, -0.2) is 23.8 Å². The molecule has 0 aliphatic rings. The molecule has 2 aromatic rings. The molecule has 0 amide bonds. The van der Waals surface area contributed by atoms with Crippen molar-refractivity contribution in [1.82, 2.24) is 4.98 Å². The van der Waals surface area contributed by atoms with E-state index in [4.69, 9.17) is 0 Å². The van der Waals surface area contributed by atoms with Gasteiger partial charge in [-0.25, -0.2) is 9.78 Å². The molecule has 0 unspecified atom stereocenters. The SMILES string of the molecule is COC(=O)c1nc(Nc2ccc(SC(F)F)cc2)sc1C. The van der Waals surface area contributed by atoms with Gasteiger partial charge in [0, 0.05) is 15.5 Å². The highest BCUT2D eigenvalue weighted by Gasteiger charge is 2.15. The van der Waals surface area contributed by atoms with Crippen LogP contribution in [0, 0.1) is 6.92 Å². The van der Waals surface area contributed by atoms with Crippen molar-refractivity contribution in [1.29, 1.82) is 0 Å². The van der Waals surface area contributed by atoms with Crippen LogP contribution >= 0.6 is 23.1 Å². The number of alkyl halides is 2. The number of aryl methyl sites for hydroxylation is 1. The number of ether oxygens (including phenoxy) is 1. The highest BCUT2D eigenvalue weighted by Crippen LogP contribution is 2.29. The second-order valence-electron chi connectivity index (χ2n) is 3.94. The van der Waals surface area contributed by atoms with E-state index in [2.05, 4.69) is 15.0 Å². The van der Waals surface area contributed by atoms with Gasteiger partial charge < -0.3 is 10.1 Å². The Balaban J connectivity index is 2.09. The third kappa shape index (κ3) is 4.15. The zero-order chi connectivity index (χ0) is 15.4. The summed E-state index contributed by atoms with van der Waals surface area (Å²) in [5.41, 5.74) is 0.980. The zero-order valence-corrected chi connectivity index (χ0v) is 12.9.